The maximum absolute atomic E-state index is 13.1. The number of rotatable bonds is 7. The van der Waals surface area contributed by atoms with E-state index in [4.69, 9.17) is 32.1 Å². The first kappa shape index (κ1) is 26.2. The fourth-order valence-electron chi connectivity index (χ4n) is 3.36. The van der Waals surface area contributed by atoms with Gasteiger partial charge in [-0.15, -0.1) is 0 Å². The van der Waals surface area contributed by atoms with Gasteiger partial charge in [-0.3, -0.25) is 14.9 Å². The highest BCUT2D eigenvalue weighted by Gasteiger charge is 2.36. The Hall–Kier alpha value is -3.86. The van der Waals surface area contributed by atoms with Crippen LogP contribution in [0.3, 0.4) is 0 Å². The molecule has 1 aliphatic heterocycles. The molecule has 12 heteroatoms. The molecule has 9 nitrogen and oxygen atoms in total. The summed E-state index contributed by atoms with van der Waals surface area (Å²) in [6.45, 7) is 2.27. The van der Waals surface area contributed by atoms with Crippen LogP contribution in [0.1, 0.15) is 12.5 Å². The SMILES string of the molecule is CCOc1ccc(N2C(=O)NC(=O)/C(=C\c3ccc(OS(=O)(=O)c4ccc(Cl)cc4)c(Cl)c3)C2=O)cc1. The second-order valence-electron chi connectivity index (χ2n) is 7.57. The lowest BCUT2D eigenvalue weighted by Crippen LogP contribution is -2.54. The summed E-state index contributed by atoms with van der Waals surface area (Å²) in [6.07, 6.45) is 1.23. The summed E-state index contributed by atoms with van der Waals surface area (Å²) in [5, 5.41) is 2.40. The highest BCUT2D eigenvalue weighted by Crippen LogP contribution is 2.30. The molecule has 3 aromatic carbocycles. The Kier molecular flexibility index (Phi) is 7.53. The number of hydrogen-bond acceptors (Lipinski definition) is 7. The van der Waals surface area contributed by atoms with Crippen molar-refractivity contribution < 1.29 is 31.7 Å². The maximum Gasteiger partial charge on any atom is 0.339 e. The van der Waals surface area contributed by atoms with E-state index >= 15 is 0 Å². The van der Waals surface area contributed by atoms with Crippen molar-refractivity contribution in [3.05, 3.63) is 87.9 Å². The Morgan fingerprint density at radius 3 is 2.24 bits per heavy atom. The number of benzene rings is 3. The molecule has 0 radical (unpaired) electrons. The molecule has 37 heavy (non-hydrogen) atoms. The smallest absolute Gasteiger partial charge is 0.339 e. The van der Waals surface area contributed by atoms with Gasteiger partial charge < -0.3 is 8.92 Å². The molecule has 4 amide bonds. The number of imide groups is 2. The van der Waals surface area contributed by atoms with E-state index < -0.39 is 28.0 Å². The molecule has 0 aliphatic carbocycles. The first-order valence-corrected chi connectivity index (χ1v) is 12.9. The van der Waals surface area contributed by atoms with Crippen molar-refractivity contribution in [2.75, 3.05) is 11.5 Å². The third kappa shape index (κ3) is 5.77. The number of urea groups is 1. The number of hydrogen-bond donors (Lipinski definition) is 1. The Morgan fingerprint density at radius 2 is 1.62 bits per heavy atom. The van der Waals surface area contributed by atoms with Gasteiger partial charge in [-0.05, 0) is 79.2 Å². The van der Waals surface area contributed by atoms with Gasteiger partial charge in [0.1, 0.15) is 16.2 Å². The molecular formula is C25H18Cl2N2O7S. The van der Waals surface area contributed by atoms with Crippen molar-refractivity contribution >= 4 is 62.9 Å². The van der Waals surface area contributed by atoms with E-state index in [1.54, 1.807) is 12.1 Å². The average molecular weight is 561 g/mol. The Bertz CT molecular complexity index is 1520. The lowest BCUT2D eigenvalue weighted by molar-refractivity contribution is -0.122. The number of nitrogens with one attached hydrogen (secondary N) is 1. The summed E-state index contributed by atoms with van der Waals surface area (Å²) in [5.41, 5.74) is 0.200. The molecule has 1 fully saturated rings. The van der Waals surface area contributed by atoms with Gasteiger partial charge in [0, 0.05) is 5.02 Å². The van der Waals surface area contributed by atoms with E-state index in [9.17, 15) is 22.8 Å². The zero-order valence-electron chi connectivity index (χ0n) is 19.1. The summed E-state index contributed by atoms with van der Waals surface area (Å²) >= 11 is 12.0. The van der Waals surface area contributed by atoms with Crippen molar-refractivity contribution in [2.24, 2.45) is 0 Å². The number of amides is 4. The van der Waals surface area contributed by atoms with Crippen LogP contribution < -0.4 is 19.1 Å². The minimum absolute atomic E-state index is 0.0880. The lowest BCUT2D eigenvalue weighted by Gasteiger charge is -2.26. The predicted octanol–water partition coefficient (Wildman–Crippen LogP) is 4.83. The monoisotopic (exact) mass is 560 g/mol. The molecule has 0 atom stereocenters. The van der Waals surface area contributed by atoms with Gasteiger partial charge in [-0.2, -0.15) is 8.42 Å². The van der Waals surface area contributed by atoms with Crippen LogP contribution in [0.25, 0.3) is 6.08 Å². The quantitative estimate of drug-likeness (QED) is 0.250. The van der Waals surface area contributed by atoms with Gasteiger partial charge >= 0.3 is 16.1 Å². The molecule has 1 N–H and O–H groups in total. The summed E-state index contributed by atoms with van der Waals surface area (Å²) < 4.78 is 35.6. The molecule has 0 aromatic heterocycles. The normalized spacial score (nSPS) is 15.1. The van der Waals surface area contributed by atoms with E-state index in [0.29, 0.717) is 22.9 Å². The largest absolute Gasteiger partial charge is 0.494 e. The van der Waals surface area contributed by atoms with Crippen LogP contribution in [0, 0.1) is 0 Å². The summed E-state index contributed by atoms with van der Waals surface area (Å²) in [7, 11) is -4.19. The highest BCUT2D eigenvalue weighted by molar-refractivity contribution is 7.87. The van der Waals surface area contributed by atoms with Crippen LogP contribution in [0.15, 0.2) is 77.2 Å². The van der Waals surface area contributed by atoms with Crippen LogP contribution in [0.2, 0.25) is 10.0 Å². The molecule has 0 spiro atoms. The zero-order chi connectivity index (χ0) is 26.7. The number of carbonyl (C=O) groups is 3. The Morgan fingerprint density at radius 1 is 0.946 bits per heavy atom. The topological polar surface area (TPSA) is 119 Å². The molecule has 190 valence electrons. The molecule has 1 saturated heterocycles. The standard InChI is InChI=1S/C25H18Cl2N2O7S/c1-2-35-18-8-6-17(7-9-18)29-24(31)20(23(30)28-25(29)32)13-15-3-12-22(21(27)14-15)36-37(33,34)19-10-4-16(26)5-11-19/h3-14H,2H2,1H3,(H,28,30,32)/b20-13+. The first-order chi connectivity index (χ1) is 17.6. The molecule has 0 unspecified atom stereocenters. The Labute approximate surface area is 222 Å². The van der Waals surface area contributed by atoms with Gasteiger partial charge in [-0.1, -0.05) is 29.3 Å². The lowest BCUT2D eigenvalue weighted by atomic mass is 10.1. The van der Waals surface area contributed by atoms with Crippen LogP contribution in [-0.2, 0) is 19.7 Å². The fourth-order valence-corrected chi connectivity index (χ4v) is 4.71. The third-order valence-electron chi connectivity index (χ3n) is 5.08. The Balaban J connectivity index is 1.59. The maximum atomic E-state index is 13.1. The third-order valence-corrected chi connectivity index (χ3v) is 6.87. The van der Waals surface area contributed by atoms with E-state index in [-0.39, 0.29) is 26.9 Å². The molecule has 4 rings (SSSR count). The van der Waals surface area contributed by atoms with Crippen molar-refractivity contribution in [3.63, 3.8) is 0 Å². The van der Waals surface area contributed by atoms with E-state index in [1.807, 2.05) is 6.92 Å². The van der Waals surface area contributed by atoms with Crippen molar-refractivity contribution in [1.29, 1.82) is 0 Å². The molecule has 1 aliphatic rings. The second-order valence-corrected chi connectivity index (χ2v) is 9.96. The number of anilines is 1. The average Bonchev–Trinajstić information content (AvgIpc) is 2.85. The molecule has 0 bridgehead atoms. The predicted molar refractivity (Wildman–Crippen MR) is 137 cm³/mol. The summed E-state index contributed by atoms with van der Waals surface area (Å²) in [6, 6.07) is 14.7. The van der Waals surface area contributed by atoms with Crippen LogP contribution in [-0.4, -0.2) is 32.9 Å². The minimum atomic E-state index is -4.19. The number of nitrogens with zero attached hydrogens (tertiary/aromatic N) is 1. The minimum Gasteiger partial charge on any atom is -0.494 e. The van der Waals surface area contributed by atoms with E-state index in [2.05, 4.69) is 5.32 Å². The van der Waals surface area contributed by atoms with Crippen molar-refractivity contribution in [2.45, 2.75) is 11.8 Å². The van der Waals surface area contributed by atoms with E-state index in [1.165, 1.54) is 60.7 Å². The fraction of sp³-hybridized carbons (Fsp3) is 0.0800. The first-order valence-electron chi connectivity index (χ1n) is 10.7. The van der Waals surface area contributed by atoms with Crippen molar-refractivity contribution in [1.82, 2.24) is 5.32 Å². The van der Waals surface area contributed by atoms with Gasteiger partial charge in [0.15, 0.2) is 5.75 Å². The zero-order valence-corrected chi connectivity index (χ0v) is 21.4. The molecule has 1 heterocycles. The number of halogens is 2. The second kappa shape index (κ2) is 10.6. The van der Waals surface area contributed by atoms with Gasteiger partial charge in [-0.25, -0.2) is 9.69 Å². The van der Waals surface area contributed by atoms with E-state index in [0.717, 1.165) is 4.90 Å². The van der Waals surface area contributed by atoms with Crippen LogP contribution >= 0.6 is 23.2 Å². The number of barbiturate groups is 1. The summed E-state index contributed by atoms with van der Waals surface area (Å²) in [4.78, 5) is 38.6. The van der Waals surface area contributed by atoms with Gasteiger partial charge in [0.05, 0.1) is 17.3 Å². The van der Waals surface area contributed by atoms with Crippen LogP contribution in [0.4, 0.5) is 10.5 Å². The highest BCUT2D eigenvalue weighted by atomic mass is 35.5. The molecular weight excluding hydrogens is 543 g/mol. The molecule has 0 saturated carbocycles. The van der Waals surface area contributed by atoms with Gasteiger partial charge in [0.2, 0.25) is 0 Å². The number of carbonyl (C=O) groups excluding carboxylic acids is 3. The van der Waals surface area contributed by atoms with Crippen molar-refractivity contribution in [3.8, 4) is 11.5 Å². The van der Waals surface area contributed by atoms with Crippen LogP contribution in [0.5, 0.6) is 11.5 Å². The summed E-state index contributed by atoms with van der Waals surface area (Å²) in [5.74, 6) is -1.35. The van der Waals surface area contributed by atoms with Gasteiger partial charge in [0.25, 0.3) is 11.8 Å². The number of ether oxygens (including phenoxy) is 1. The molecule has 3 aromatic rings.